The van der Waals surface area contributed by atoms with Crippen molar-refractivity contribution in [2.75, 3.05) is 31.2 Å². The first-order valence-corrected chi connectivity index (χ1v) is 9.89. The molecule has 0 saturated carbocycles. The molecule has 1 aliphatic rings. The zero-order valence-corrected chi connectivity index (χ0v) is 15.6. The summed E-state index contributed by atoms with van der Waals surface area (Å²) >= 11 is 8.85. The number of hydrogen-bond acceptors (Lipinski definition) is 8. The van der Waals surface area contributed by atoms with E-state index in [1.54, 1.807) is 11.8 Å². The van der Waals surface area contributed by atoms with Gasteiger partial charge < -0.3 is 9.64 Å². The third-order valence-corrected chi connectivity index (χ3v) is 5.70. The molecule has 0 radical (unpaired) electrons. The van der Waals surface area contributed by atoms with Crippen molar-refractivity contribution in [3.8, 4) is 5.69 Å². The van der Waals surface area contributed by atoms with Crippen LogP contribution in [-0.2, 0) is 10.5 Å². The maximum absolute atomic E-state index is 6.11. The third-order valence-electron chi connectivity index (χ3n) is 3.77. The molecule has 0 N–H and O–H groups in total. The second-order valence-corrected chi connectivity index (χ2v) is 7.63. The lowest BCUT2D eigenvalue weighted by atomic mass is 10.3. The van der Waals surface area contributed by atoms with Crippen LogP contribution in [0.3, 0.4) is 0 Å². The molecule has 130 valence electrons. The van der Waals surface area contributed by atoms with Gasteiger partial charge in [-0.05, 0) is 12.1 Å². The maximum Gasteiger partial charge on any atom is 0.232 e. The van der Waals surface area contributed by atoms with Gasteiger partial charge in [0.25, 0.3) is 0 Å². The highest BCUT2D eigenvalue weighted by Gasteiger charge is 2.22. The molecule has 0 amide bonds. The number of hydrogen-bond donors (Lipinski definition) is 0. The Morgan fingerprint density at radius 2 is 1.92 bits per heavy atom. The van der Waals surface area contributed by atoms with Gasteiger partial charge in [0.05, 0.1) is 18.9 Å². The quantitative estimate of drug-likeness (QED) is 0.616. The fourth-order valence-electron chi connectivity index (χ4n) is 2.54. The van der Waals surface area contributed by atoms with E-state index >= 15 is 0 Å². The Labute approximate surface area is 158 Å². The molecule has 4 rings (SSSR count). The van der Waals surface area contributed by atoms with Gasteiger partial charge in [-0.3, -0.25) is 4.57 Å². The second kappa shape index (κ2) is 7.69. The summed E-state index contributed by atoms with van der Waals surface area (Å²) < 4.78 is 12.0. The lowest BCUT2D eigenvalue weighted by Gasteiger charge is -2.27. The molecule has 0 bridgehead atoms. The SMILES string of the molecule is Clc1snnc1CSc1nnc(N2CCOCC2)n1-c1ccccc1. The van der Waals surface area contributed by atoms with E-state index in [9.17, 15) is 0 Å². The van der Waals surface area contributed by atoms with Crippen molar-refractivity contribution < 1.29 is 4.74 Å². The van der Waals surface area contributed by atoms with Gasteiger partial charge >= 0.3 is 0 Å². The summed E-state index contributed by atoms with van der Waals surface area (Å²) in [7, 11) is 0. The van der Waals surface area contributed by atoms with E-state index < -0.39 is 0 Å². The van der Waals surface area contributed by atoms with Gasteiger partial charge in [-0.2, -0.15) is 0 Å². The Morgan fingerprint density at radius 3 is 2.64 bits per heavy atom. The predicted octanol–water partition coefficient (Wildman–Crippen LogP) is 2.90. The lowest BCUT2D eigenvalue weighted by Crippen LogP contribution is -2.37. The summed E-state index contributed by atoms with van der Waals surface area (Å²) in [6.07, 6.45) is 0. The number of thioether (sulfide) groups is 1. The molecular formula is C15H15ClN6OS2. The minimum absolute atomic E-state index is 0.601. The average molecular weight is 395 g/mol. The van der Waals surface area contributed by atoms with Crippen molar-refractivity contribution >= 4 is 40.8 Å². The van der Waals surface area contributed by atoms with Crippen LogP contribution in [0.5, 0.6) is 0 Å². The van der Waals surface area contributed by atoms with Gasteiger partial charge in [-0.1, -0.05) is 46.1 Å². The Kier molecular flexibility index (Phi) is 5.16. The van der Waals surface area contributed by atoms with Gasteiger partial charge in [0, 0.05) is 30.4 Å². The molecule has 0 aliphatic carbocycles. The van der Waals surface area contributed by atoms with Crippen molar-refractivity contribution in [1.29, 1.82) is 0 Å². The van der Waals surface area contributed by atoms with Crippen LogP contribution in [0.15, 0.2) is 35.5 Å². The molecular weight excluding hydrogens is 380 g/mol. The summed E-state index contributed by atoms with van der Waals surface area (Å²) in [5, 5.41) is 13.7. The molecule has 7 nitrogen and oxygen atoms in total. The second-order valence-electron chi connectivity index (χ2n) is 5.33. The molecule has 1 fully saturated rings. The summed E-state index contributed by atoms with van der Waals surface area (Å²) in [6.45, 7) is 3.00. The largest absolute Gasteiger partial charge is 0.378 e. The van der Waals surface area contributed by atoms with Gasteiger partial charge in [-0.25, -0.2) is 0 Å². The van der Waals surface area contributed by atoms with E-state index in [4.69, 9.17) is 16.3 Å². The zero-order chi connectivity index (χ0) is 17.1. The maximum atomic E-state index is 6.11. The van der Waals surface area contributed by atoms with E-state index in [1.165, 1.54) is 11.5 Å². The number of morpholine rings is 1. The van der Waals surface area contributed by atoms with Crippen molar-refractivity contribution in [1.82, 2.24) is 24.4 Å². The van der Waals surface area contributed by atoms with Crippen LogP contribution in [0.4, 0.5) is 5.95 Å². The topological polar surface area (TPSA) is 69.0 Å². The Bertz CT molecular complexity index is 834. The Hall–Kier alpha value is -1.68. The molecule has 3 heterocycles. The van der Waals surface area contributed by atoms with Crippen LogP contribution in [0.25, 0.3) is 5.69 Å². The number of para-hydroxylation sites is 1. The van der Waals surface area contributed by atoms with Crippen LogP contribution >= 0.6 is 34.9 Å². The van der Waals surface area contributed by atoms with E-state index in [2.05, 4.69) is 41.4 Å². The molecule has 0 spiro atoms. The molecule has 25 heavy (non-hydrogen) atoms. The van der Waals surface area contributed by atoms with Crippen LogP contribution in [-0.4, -0.2) is 50.7 Å². The van der Waals surface area contributed by atoms with Gasteiger partial charge in [0.2, 0.25) is 5.95 Å². The number of aromatic nitrogens is 5. The first-order valence-electron chi connectivity index (χ1n) is 7.76. The first kappa shape index (κ1) is 16.8. The Balaban J connectivity index is 1.66. The lowest BCUT2D eigenvalue weighted by molar-refractivity contribution is 0.122. The zero-order valence-electron chi connectivity index (χ0n) is 13.2. The smallest absolute Gasteiger partial charge is 0.232 e. The van der Waals surface area contributed by atoms with Crippen molar-refractivity contribution in [3.63, 3.8) is 0 Å². The van der Waals surface area contributed by atoms with E-state index in [-0.39, 0.29) is 0 Å². The van der Waals surface area contributed by atoms with Gasteiger partial charge in [0.1, 0.15) is 10.0 Å². The number of rotatable bonds is 5. The fourth-order valence-corrected chi connectivity index (χ4v) is 4.22. The highest BCUT2D eigenvalue weighted by Crippen LogP contribution is 2.30. The molecule has 2 aromatic heterocycles. The molecule has 1 aliphatic heterocycles. The minimum Gasteiger partial charge on any atom is -0.378 e. The van der Waals surface area contributed by atoms with Crippen molar-refractivity contribution in [3.05, 3.63) is 40.4 Å². The predicted molar refractivity (Wildman–Crippen MR) is 98.9 cm³/mol. The number of benzene rings is 1. The number of anilines is 1. The highest BCUT2D eigenvalue weighted by atomic mass is 35.5. The van der Waals surface area contributed by atoms with E-state index in [1.807, 2.05) is 18.2 Å². The summed E-state index contributed by atoms with van der Waals surface area (Å²) in [5.74, 6) is 1.43. The number of ether oxygens (including phenoxy) is 1. The fraction of sp³-hybridized carbons (Fsp3) is 0.333. The van der Waals surface area contributed by atoms with Gasteiger partial charge in [-0.15, -0.1) is 15.3 Å². The van der Waals surface area contributed by atoms with E-state index in [0.29, 0.717) is 23.3 Å². The molecule has 0 unspecified atom stereocenters. The van der Waals surface area contributed by atoms with Crippen LogP contribution < -0.4 is 4.90 Å². The summed E-state index contributed by atoms with van der Waals surface area (Å²) in [6, 6.07) is 10.1. The van der Waals surface area contributed by atoms with Crippen LogP contribution in [0.1, 0.15) is 5.69 Å². The summed E-state index contributed by atoms with van der Waals surface area (Å²) in [4.78, 5) is 2.20. The molecule has 3 aromatic rings. The average Bonchev–Trinajstić information content (AvgIpc) is 3.27. The normalized spacial score (nSPS) is 14.8. The highest BCUT2D eigenvalue weighted by molar-refractivity contribution is 7.98. The molecule has 1 aromatic carbocycles. The summed E-state index contributed by atoms with van der Waals surface area (Å²) in [5.41, 5.74) is 1.80. The van der Waals surface area contributed by atoms with Gasteiger partial charge in [0.15, 0.2) is 5.16 Å². The molecule has 10 heteroatoms. The third kappa shape index (κ3) is 3.64. The Morgan fingerprint density at radius 1 is 1.12 bits per heavy atom. The van der Waals surface area contributed by atoms with E-state index in [0.717, 1.165) is 35.6 Å². The number of halogens is 1. The van der Waals surface area contributed by atoms with Crippen LogP contribution in [0.2, 0.25) is 4.34 Å². The van der Waals surface area contributed by atoms with Crippen LogP contribution in [0, 0.1) is 0 Å². The van der Waals surface area contributed by atoms with Crippen molar-refractivity contribution in [2.45, 2.75) is 10.9 Å². The number of nitrogens with zero attached hydrogens (tertiary/aromatic N) is 6. The molecule has 0 atom stereocenters. The standard InChI is InChI=1S/C15H15ClN6OS2/c16-13-12(17-20-25-13)10-24-15-19-18-14(21-6-8-23-9-7-21)22(15)11-4-2-1-3-5-11/h1-5H,6-10H2. The van der Waals surface area contributed by atoms with Crippen molar-refractivity contribution in [2.24, 2.45) is 0 Å². The monoisotopic (exact) mass is 394 g/mol. The minimum atomic E-state index is 0.601. The molecule has 1 saturated heterocycles. The first-order chi connectivity index (χ1) is 12.3.